The highest BCUT2D eigenvalue weighted by Gasteiger charge is 2.36. The number of carbonyl (C=O) groups is 1. The summed E-state index contributed by atoms with van der Waals surface area (Å²) in [6.07, 6.45) is 7.90. The maximum Gasteiger partial charge on any atom is 0.244 e. The predicted molar refractivity (Wildman–Crippen MR) is 83.8 cm³/mol. The van der Waals surface area contributed by atoms with E-state index in [1.165, 1.54) is 12.8 Å². The molecule has 2 aliphatic carbocycles. The van der Waals surface area contributed by atoms with Crippen LogP contribution in [-0.2, 0) is 4.79 Å². The maximum absolute atomic E-state index is 11.9. The van der Waals surface area contributed by atoms with Gasteiger partial charge in [0, 0.05) is 18.0 Å². The quantitative estimate of drug-likeness (QED) is 0.847. The molecule has 0 aliphatic heterocycles. The molecule has 1 aromatic heterocycles. The first-order chi connectivity index (χ1) is 9.93. The van der Waals surface area contributed by atoms with Gasteiger partial charge in [-0.15, -0.1) is 0 Å². The summed E-state index contributed by atoms with van der Waals surface area (Å²) in [5, 5.41) is 3.09. The number of carbonyl (C=O) groups excluding carboxylic acids is 1. The lowest BCUT2D eigenvalue weighted by Crippen LogP contribution is -2.32. The molecule has 3 rings (SSSR count). The molecule has 1 heterocycles. The lowest BCUT2D eigenvalue weighted by molar-refractivity contribution is -0.117. The van der Waals surface area contributed by atoms with Gasteiger partial charge in [-0.3, -0.25) is 4.79 Å². The summed E-state index contributed by atoms with van der Waals surface area (Å²) in [6.45, 7) is 6.76. The number of rotatable bonds is 4. The van der Waals surface area contributed by atoms with Crippen molar-refractivity contribution >= 4 is 12.0 Å². The van der Waals surface area contributed by atoms with Crippen molar-refractivity contribution < 1.29 is 9.21 Å². The Balaban J connectivity index is 1.51. The van der Waals surface area contributed by atoms with Crippen LogP contribution in [-0.4, -0.2) is 11.9 Å². The molecule has 3 nitrogen and oxygen atoms in total. The van der Waals surface area contributed by atoms with Crippen LogP contribution in [0, 0.1) is 11.3 Å². The Morgan fingerprint density at radius 3 is 2.81 bits per heavy atom. The predicted octanol–water partition coefficient (Wildman–Crippen LogP) is 4.11. The zero-order chi connectivity index (χ0) is 15.0. The molecule has 3 heteroatoms. The zero-order valence-corrected chi connectivity index (χ0v) is 13.2. The number of furan rings is 1. The van der Waals surface area contributed by atoms with Gasteiger partial charge in [-0.25, -0.2) is 0 Å². The molecule has 0 aromatic carbocycles. The first kappa shape index (κ1) is 14.4. The number of nitrogens with one attached hydrogen (secondary N) is 1. The third kappa shape index (κ3) is 3.58. The Kier molecular flexibility index (Phi) is 3.68. The molecule has 2 fully saturated rings. The second-order valence-electron chi connectivity index (χ2n) is 7.51. The Morgan fingerprint density at radius 2 is 2.19 bits per heavy atom. The lowest BCUT2D eigenvalue weighted by atomic mass is 9.92. The summed E-state index contributed by atoms with van der Waals surface area (Å²) in [4.78, 5) is 11.9. The topological polar surface area (TPSA) is 42.2 Å². The Morgan fingerprint density at radius 1 is 1.43 bits per heavy atom. The van der Waals surface area contributed by atoms with Crippen molar-refractivity contribution in [3.8, 4) is 0 Å². The van der Waals surface area contributed by atoms with Crippen LogP contribution in [0.3, 0.4) is 0 Å². The molecule has 2 aliphatic rings. The summed E-state index contributed by atoms with van der Waals surface area (Å²) in [5.41, 5.74) is 0.360. The molecular weight excluding hydrogens is 262 g/mol. The van der Waals surface area contributed by atoms with E-state index in [1.807, 2.05) is 12.1 Å². The van der Waals surface area contributed by atoms with Gasteiger partial charge in [0.2, 0.25) is 5.91 Å². The van der Waals surface area contributed by atoms with E-state index in [-0.39, 0.29) is 5.91 Å². The standard InChI is InChI=1S/C18H25NO2/c1-12-10-15(12)16-6-4-14(21-16)5-7-17(20)19-13-8-9-18(2,3)11-13/h4-7,12-13,15H,8-11H2,1-3H3,(H,19,20)/b7-5+. The normalized spacial score (nSPS) is 30.7. The van der Waals surface area contributed by atoms with E-state index < -0.39 is 0 Å². The molecular formula is C18H25NO2. The lowest BCUT2D eigenvalue weighted by Gasteiger charge is -2.17. The Hall–Kier alpha value is -1.51. The molecule has 1 amide bonds. The summed E-state index contributed by atoms with van der Waals surface area (Å²) in [5.74, 6) is 3.13. The van der Waals surface area contributed by atoms with Crippen molar-refractivity contribution in [2.45, 2.75) is 58.4 Å². The van der Waals surface area contributed by atoms with E-state index >= 15 is 0 Å². The summed E-state index contributed by atoms with van der Waals surface area (Å²) >= 11 is 0. The largest absolute Gasteiger partial charge is 0.461 e. The highest BCUT2D eigenvalue weighted by molar-refractivity contribution is 5.91. The van der Waals surface area contributed by atoms with Crippen molar-refractivity contribution in [3.05, 3.63) is 29.7 Å². The minimum Gasteiger partial charge on any atom is -0.461 e. The smallest absolute Gasteiger partial charge is 0.244 e. The molecule has 0 bridgehead atoms. The number of amides is 1. The van der Waals surface area contributed by atoms with E-state index in [2.05, 4.69) is 26.1 Å². The Labute approximate surface area is 126 Å². The highest BCUT2D eigenvalue weighted by Crippen LogP contribution is 2.47. The van der Waals surface area contributed by atoms with Crippen molar-refractivity contribution in [3.63, 3.8) is 0 Å². The number of hydrogen-bond acceptors (Lipinski definition) is 2. The molecule has 0 saturated heterocycles. The first-order valence-corrected chi connectivity index (χ1v) is 8.01. The van der Waals surface area contributed by atoms with E-state index in [9.17, 15) is 4.79 Å². The van der Waals surface area contributed by atoms with Crippen LogP contribution in [0.4, 0.5) is 0 Å². The maximum atomic E-state index is 11.9. The van der Waals surface area contributed by atoms with Crippen LogP contribution in [0.5, 0.6) is 0 Å². The second-order valence-corrected chi connectivity index (χ2v) is 7.51. The van der Waals surface area contributed by atoms with Crippen LogP contribution in [0.15, 0.2) is 22.6 Å². The van der Waals surface area contributed by atoms with Gasteiger partial charge in [0.1, 0.15) is 11.5 Å². The molecule has 1 aromatic rings. The third-order valence-corrected chi connectivity index (χ3v) is 4.84. The van der Waals surface area contributed by atoms with Gasteiger partial charge in [0.25, 0.3) is 0 Å². The van der Waals surface area contributed by atoms with Gasteiger partial charge in [-0.1, -0.05) is 20.8 Å². The van der Waals surface area contributed by atoms with Gasteiger partial charge in [0.05, 0.1) is 0 Å². The minimum absolute atomic E-state index is 0.0181. The molecule has 21 heavy (non-hydrogen) atoms. The first-order valence-electron chi connectivity index (χ1n) is 8.01. The average Bonchev–Trinajstić information content (AvgIpc) is 2.84. The molecule has 114 valence electrons. The van der Waals surface area contributed by atoms with E-state index in [0.29, 0.717) is 17.4 Å². The number of hydrogen-bond donors (Lipinski definition) is 1. The van der Waals surface area contributed by atoms with Crippen molar-refractivity contribution in [1.29, 1.82) is 0 Å². The summed E-state index contributed by atoms with van der Waals surface area (Å²) in [6, 6.07) is 4.30. The van der Waals surface area contributed by atoms with Crippen LogP contribution < -0.4 is 5.32 Å². The van der Waals surface area contributed by atoms with Gasteiger partial charge in [-0.2, -0.15) is 0 Å². The summed E-state index contributed by atoms with van der Waals surface area (Å²) < 4.78 is 5.76. The van der Waals surface area contributed by atoms with Crippen molar-refractivity contribution in [2.75, 3.05) is 0 Å². The van der Waals surface area contributed by atoms with Crippen LogP contribution in [0.25, 0.3) is 6.08 Å². The van der Waals surface area contributed by atoms with Gasteiger partial charge < -0.3 is 9.73 Å². The van der Waals surface area contributed by atoms with E-state index in [4.69, 9.17) is 4.42 Å². The Bertz CT molecular complexity index is 555. The fourth-order valence-corrected chi connectivity index (χ4v) is 3.34. The fourth-order valence-electron chi connectivity index (χ4n) is 3.34. The molecule has 2 saturated carbocycles. The molecule has 1 N–H and O–H groups in total. The fraction of sp³-hybridized carbons (Fsp3) is 0.611. The zero-order valence-electron chi connectivity index (χ0n) is 13.2. The van der Waals surface area contributed by atoms with Gasteiger partial charge >= 0.3 is 0 Å². The van der Waals surface area contributed by atoms with Crippen molar-refractivity contribution in [2.24, 2.45) is 11.3 Å². The molecule has 0 spiro atoms. The molecule has 3 atom stereocenters. The summed E-state index contributed by atoms with van der Waals surface area (Å²) in [7, 11) is 0. The monoisotopic (exact) mass is 287 g/mol. The third-order valence-electron chi connectivity index (χ3n) is 4.84. The van der Waals surface area contributed by atoms with E-state index in [1.54, 1.807) is 12.2 Å². The van der Waals surface area contributed by atoms with E-state index in [0.717, 1.165) is 30.3 Å². The van der Waals surface area contributed by atoms with Gasteiger partial charge in [0.15, 0.2) is 0 Å². The van der Waals surface area contributed by atoms with Crippen LogP contribution >= 0.6 is 0 Å². The minimum atomic E-state index is -0.0181. The van der Waals surface area contributed by atoms with Crippen LogP contribution in [0.1, 0.15) is 63.9 Å². The highest BCUT2D eigenvalue weighted by atomic mass is 16.3. The average molecular weight is 287 g/mol. The molecule has 0 radical (unpaired) electrons. The van der Waals surface area contributed by atoms with Gasteiger partial charge in [-0.05, 0) is 55.2 Å². The second kappa shape index (κ2) is 5.36. The van der Waals surface area contributed by atoms with Crippen molar-refractivity contribution in [1.82, 2.24) is 5.32 Å². The van der Waals surface area contributed by atoms with Crippen LogP contribution in [0.2, 0.25) is 0 Å². The molecule has 3 unspecified atom stereocenters. The SMILES string of the molecule is CC1CC1c1ccc(/C=C/C(=O)NC2CCC(C)(C)C2)o1.